The van der Waals surface area contributed by atoms with Crippen molar-refractivity contribution < 1.29 is 36.2 Å². The van der Waals surface area contributed by atoms with Crippen LogP contribution in [0.5, 0.6) is 11.5 Å². The molecule has 4 rings (SSSR count). The number of rotatable bonds is 7. The topological polar surface area (TPSA) is 27.7 Å². The van der Waals surface area contributed by atoms with Crippen LogP contribution in [0.1, 0.15) is 12.8 Å². The standard InChI is InChI=1S/C27H23F5O3/c1-3-19-9-8-18(15-34-19)27(31,32)35-20-10-11-21(23(28)14-20)16-4-6-17(7-5-16)22-12-13-24(33-2)26(30)25(22)29/h3-7,10-14,18-19H,1,8-9,15H2,2H3. The van der Waals surface area contributed by atoms with Crippen molar-refractivity contribution in [2.24, 2.45) is 5.92 Å². The van der Waals surface area contributed by atoms with Gasteiger partial charge in [0, 0.05) is 17.2 Å². The zero-order valence-electron chi connectivity index (χ0n) is 18.9. The molecule has 0 N–H and O–H groups in total. The molecule has 2 atom stereocenters. The summed E-state index contributed by atoms with van der Waals surface area (Å²) in [6.45, 7) is 3.41. The molecule has 1 saturated heterocycles. The van der Waals surface area contributed by atoms with E-state index >= 15 is 0 Å². The average Bonchev–Trinajstić information content (AvgIpc) is 2.86. The van der Waals surface area contributed by atoms with Gasteiger partial charge in [-0.25, -0.2) is 8.78 Å². The molecule has 0 bridgehead atoms. The van der Waals surface area contributed by atoms with Gasteiger partial charge in [0.15, 0.2) is 11.6 Å². The van der Waals surface area contributed by atoms with Gasteiger partial charge >= 0.3 is 6.11 Å². The fourth-order valence-corrected chi connectivity index (χ4v) is 4.00. The number of hydrogen-bond donors (Lipinski definition) is 0. The van der Waals surface area contributed by atoms with Crippen molar-refractivity contribution >= 4 is 0 Å². The Hall–Kier alpha value is -3.39. The SMILES string of the molecule is C=CC1CCC(C(F)(F)Oc2ccc(-c3ccc(-c4ccc(OC)c(F)c4F)cc3)c(F)c2)CO1. The average molecular weight is 490 g/mol. The second-order valence-corrected chi connectivity index (χ2v) is 8.21. The molecule has 3 aromatic rings. The highest BCUT2D eigenvalue weighted by Gasteiger charge is 2.44. The Bertz CT molecular complexity index is 1200. The fraction of sp³-hybridized carbons (Fsp3) is 0.259. The summed E-state index contributed by atoms with van der Waals surface area (Å²) >= 11 is 0. The van der Waals surface area contributed by atoms with Gasteiger partial charge in [0.05, 0.1) is 25.7 Å². The van der Waals surface area contributed by atoms with Gasteiger partial charge in [-0.3, -0.25) is 0 Å². The third-order valence-corrected chi connectivity index (χ3v) is 6.02. The van der Waals surface area contributed by atoms with Gasteiger partial charge in [-0.15, -0.1) is 6.58 Å². The molecular formula is C27H23F5O3. The predicted molar refractivity (Wildman–Crippen MR) is 122 cm³/mol. The molecule has 184 valence electrons. The van der Waals surface area contributed by atoms with Crippen molar-refractivity contribution in [3.05, 3.63) is 84.7 Å². The molecule has 0 aromatic heterocycles. The van der Waals surface area contributed by atoms with Gasteiger partial charge in [-0.05, 0) is 48.2 Å². The maximum atomic E-state index is 14.8. The summed E-state index contributed by atoms with van der Waals surface area (Å²) in [5.74, 6) is -4.61. The summed E-state index contributed by atoms with van der Waals surface area (Å²) in [6.07, 6.45) is -1.62. The second kappa shape index (κ2) is 10.1. The predicted octanol–water partition coefficient (Wildman–Crippen LogP) is 7.40. The minimum absolute atomic E-state index is 0.0207. The fourth-order valence-electron chi connectivity index (χ4n) is 4.00. The second-order valence-electron chi connectivity index (χ2n) is 8.21. The smallest absolute Gasteiger partial charge is 0.402 e. The largest absolute Gasteiger partial charge is 0.494 e. The van der Waals surface area contributed by atoms with Crippen molar-refractivity contribution in [2.75, 3.05) is 13.7 Å². The summed E-state index contributed by atoms with van der Waals surface area (Å²) in [5.41, 5.74) is 0.965. The first-order valence-electron chi connectivity index (χ1n) is 11.0. The van der Waals surface area contributed by atoms with Crippen LogP contribution >= 0.6 is 0 Å². The lowest BCUT2D eigenvalue weighted by atomic mass is 9.97. The third kappa shape index (κ3) is 5.17. The van der Waals surface area contributed by atoms with Crippen LogP contribution in [0.25, 0.3) is 22.3 Å². The van der Waals surface area contributed by atoms with Gasteiger partial charge in [-0.2, -0.15) is 13.2 Å². The van der Waals surface area contributed by atoms with Gasteiger partial charge in [0.25, 0.3) is 0 Å². The third-order valence-electron chi connectivity index (χ3n) is 6.02. The highest BCUT2D eigenvalue weighted by molar-refractivity contribution is 5.71. The van der Waals surface area contributed by atoms with E-state index in [0.717, 1.165) is 6.07 Å². The molecule has 0 radical (unpaired) electrons. The molecule has 0 saturated carbocycles. The van der Waals surface area contributed by atoms with E-state index in [1.807, 2.05) is 0 Å². The van der Waals surface area contributed by atoms with Gasteiger partial charge < -0.3 is 14.2 Å². The molecule has 0 amide bonds. The molecular weight excluding hydrogens is 467 g/mol. The van der Waals surface area contributed by atoms with Crippen LogP contribution in [0.2, 0.25) is 0 Å². The van der Waals surface area contributed by atoms with Crippen LogP contribution in [0.3, 0.4) is 0 Å². The first-order valence-corrected chi connectivity index (χ1v) is 11.0. The van der Waals surface area contributed by atoms with E-state index < -0.39 is 29.5 Å². The highest BCUT2D eigenvalue weighted by atomic mass is 19.3. The van der Waals surface area contributed by atoms with E-state index in [0.29, 0.717) is 17.5 Å². The summed E-state index contributed by atoms with van der Waals surface area (Å²) in [5, 5.41) is 0. The minimum atomic E-state index is -3.53. The molecule has 3 nitrogen and oxygen atoms in total. The molecule has 0 aliphatic carbocycles. The maximum Gasteiger partial charge on any atom is 0.402 e. The monoisotopic (exact) mass is 490 g/mol. The van der Waals surface area contributed by atoms with E-state index in [2.05, 4.69) is 6.58 Å². The van der Waals surface area contributed by atoms with Crippen molar-refractivity contribution in [1.82, 2.24) is 0 Å². The first kappa shape index (κ1) is 24.7. The van der Waals surface area contributed by atoms with Crippen LogP contribution in [0, 0.1) is 23.4 Å². The van der Waals surface area contributed by atoms with Crippen molar-refractivity contribution in [3.8, 4) is 33.8 Å². The Labute approximate surface area is 199 Å². The number of alkyl halides is 2. The van der Waals surface area contributed by atoms with Gasteiger partial charge in [0.2, 0.25) is 5.82 Å². The zero-order chi connectivity index (χ0) is 25.2. The number of methoxy groups -OCH3 is 1. The lowest BCUT2D eigenvalue weighted by molar-refractivity contribution is -0.238. The van der Waals surface area contributed by atoms with Crippen LogP contribution in [-0.4, -0.2) is 25.9 Å². The quantitative estimate of drug-likeness (QED) is 0.255. The molecule has 1 heterocycles. The zero-order valence-corrected chi connectivity index (χ0v) is 18.9. The normalized spacial score (nSPS) is 18.2. The molecule has 8 heteroatoms. The lowest BCUT2D eigenvalue weighted by Gasteiger charge is -2.32. The van der Waals surface area contributed by atoms with E-state index in [-0.39, 0.29) is 41.8 Å². The highest BCUT2D eigenvalue weighted by Crippen LogP contribution is 2.37. The van der Waals surface area contributed by atoms with E-state index in [1.54, 1.807) is 6.08 Å². The molecule has 2 unspecified atom stereocenters. The molecule has 1 aliphatic rings. The van der Waals surface area contributed by atoms with Crippen molar-refractivity contribution in [1.29, 1.82) is 0 Å². The Kier molecular flexibility index (Phi) is 7.12. The molecule has 3 aromatic carbocycles. The van der Waals surface area contributed by atoms with Crippen LogP contribution in [0.15, 0.2) is 67.3 Å². The lowest BCUT2D eigenvalue weighted by Crippen LogP contribution is -2.41. The molecule has 1 fully saturated rings. The first-order chi connectivity index (χ1) is 16.7. The maximum absolute atomic E-state index is 14.8. The van der Waals surface area contributed by atoms with Crippen LogP contribution < -0.4 is 9.47 Å². The van der Waals surface area contributed by atoms with E-state index in [9.17, 15) is 22.0 Å². The Morgan fingerprint density at radius 1 is 0.914 bits per heavy atom. The summed E-state index contributed by atoms with van der Waals surface area (Å²) in [6, 6.07) is 12.3. The minimum Gasteiger partial charge on any atom is -0.494 e. The van der Waals surface area contributed by atoms with E-state index in [4.69, 9.17) is 14.2 Å². The van der Waals surface area contributed by atoms with Crippen molar-refractivity contribution in [2.45, 2.75) is 25.1 Å². The van der Waals surface area contributed by atoms with Crippen LogP contribution in [-0.2, 0) is 4.74 Å². The molecule has 35 heavy (non-hydrogen) atoms. The van der Waals surface area contributed by atoms with Gasteiger partial charge in [0.1, 0.15) is 11.6 Å². The molecule has 0 spiro atoms. The van der Waals surface area contributed by atoms with Gasteiger partial charge in [-0.1, -0.05) is 30.3 Å². The molecule has 1 aliphatic heterocycles. The summed E-state index contributed by atoms with van der Waals surface area (Å²) in [4.78, 5) is 0. The number of ether oxygens (including phenoxy) is 3. The Morgan fingerprint density at radius 3 is 2.14 bits per heavy atom. The van der Waals surface area contributed by atoms with E-state index in [1.165, 1.54) is 55.6 Å². The number of benzene rings is 3. The summed E-state index contributed by atoms with van der Waals surface area (Å²) < 4.78 is 87.3. The Balaban J connectivity index is 1.50. The number of halogens is 5. The Morgan fingerprint density at radius 2 is 1.57 bits per heavy atom. The summed E-state index contributed by atoms with van der Waals surface area (Å²) in [7, 11) is 1.24. The van der Waals surface area contributed by atoms with Crippen molar-refractivity contribution in [3.63, 3.8) is 0 Å². The number of hydrogen-bond acceptors (Lipinski definition) is 3. The van der Waals surface area contributed by atoms with Crippen LogP contribution in [0.4, 0.5) is 22.0 Å².